The van der Waals surface area contributed by atoms with Gasteiger partial charge in [-0.25, -0.2) is 8.42 Å². The van der Waals surface area contributed by atoms with Gasteiger partial charge in [0, 0.05) is 0 Å². The Hall–Kier alpha value is -0.580. The Morgan fingerprint density at radius 3 is 2.35 bits per heavy atom. The lowest BCUT2D eigenvalue weighted by molar-refractivity contribution is -0.138. The summed E-state index contributed by atoms with van der Waals surface area (Å²) < 4.78 is 23.7. The maximum absolute atomic E-state index is 11.9. The summed E-state index contributed by atoms with van der Waals surface area (Å²) in [6, 6.07) is 0. The Balaban J connectivity index is 2.41. The minimum absolute atomic E-state index is 0.00356. The van der Waals surface area contributed by atoms with E-state index in [0.29, 0.717) is 12.3 Å². The summed E-state index contributed by atoms with van der Waals surface area (Å²) in [6.07, 6.45) is 3.07. The van der Waals surface area contributed by atoms with Gasteiger partial charge < -0.3 is 5.11 Å². The first-order chi connectivity index (χ1) is 7.75. The average molecular weight is 262 g/mol. The molecular formula is C12H22O4S. The number of sulfone groups is 1. The summed E-state index contributed by atoms with van der Waals surface area (Å²) in [6.45, 7) is 4.14. The fourth-order valence-electron chi connectivity index (χ4n) is 2.12. The lowest BCUT2D eigenvalue weighted by Crippen LogP contribution is -2.22. The van der Waals surface area contributed by atoms with Gasteiger partial charge >= 0.3 is 5.97 Å². The minimum Gasteiger partial charge on any atom is -0.481 e. The predicted molar refractivity (Wildman–Crippen MR) is 66.6 cm³/mol. The second kappa shape index (κ2) is 5.38. The van der Waals surface area contributed by atoms with Gasteiger partial charge in [-0.1, -0.05) is 20.3 Å². The van der Waals surface area contributed by atoms with Gasteiger partial charge in [0.2, 0.25) is 0 Å². The largest absolute Gasteiger partial charge is 0.481 e. The first-order valence-electron chi connectivity index (χ1n) is 6.17. The van der Waals surface area contributed by atoms with Crippen molar-refractivity contribution in [3.05, 3.63) is 0 Å². The van der Waals surface area contributed by atoms with Gasteiger partial charge in [-0.05, 0) is 30.6 Å². The zero-order chi connectivity index (χ0) is 13.1. The summed E-state index contributed by atoms with van der Waals surface area (Å²) in [4.78, 5) is 10.6. The van der Waals surface area contributed by atoms with E-state index in [9.17, 15) is 13.2 Å². The molecule has 0 aromatic rings. The molecule has 1 aliphatic carbocycles. The molecule has 17 heavy (non-hydrogen) atoms. The molecule has 0 aromatic heterocycles. The van der Waals surface area contributed by atoms with Gasteiger partial charge in [-0.2, -0.15) is 0 Å². The van der Waals surface area contributed by atoms with Crippen LogP contribution in [0.2, 0.25) is 0 Å². The highest BCUT2D eigenvalue weighted by molar-refractivity contribution is 7.91. The van der Waals surface area contributed by atoms with Gasteiger partial charge in [0.1, 0.15) is 0 Å². The highest BCUT2D eigenvalue weighted by atomic mass is 32.2. The van der Waals surface area contributed by atoms with Gasteiger partial charge in [0.15, 0.2) is 9.84 Å². The number of carboxylic acids is 1. The van der Waals surface area contributed by atoms with Crippen LogP contribution in [0.3, 0.4) is 0 Å². The molecule has 5 heteroatoms. The average Bonchev–Trinajstić information content (AvgIpc) is 2.80. The lowest BCUT2D eigenvalue weighted by atomic mass is 10.1. The van der Waals surface area contributed by atoms with Crippen LogP contribution in [-0.2, 0) is 14.6 Å². The third kappa shape index (κ3) is 5.52. The maximum Gasteiger partial charge on any atom is 0.303 e. The third-order valence-corrected chi connectivity index (χ3v) is 5.21. The van der Waals surface area contributed by atoms with Crippen molar-refractivity contribution in [1.29, 1.82) is 0 Å². The molecule has 0 atom stereocenters. The first-order valence-corrected chi connectivity index (χ1v) is 7.99. The predicted octanol–water partition coefficient (Wildman–Crippen LogP) is 2.09. The summed E-state index contributed by atoms with van der Waals surface area (Å²) in [7, 11) is -3.08. The highest BCUT2D eigenvalue weighted by Gasteiger charge is 2.47. The Kier molecular flexibility index (Phi) is 4.58. The molecule has 0 aromatic carbocycles. The van der Waals surface area contributed by atoms with Crippen molar-refractivity contribution >= 4 is 15.8 Å². The Labute approximate surface area is 103 Å². The molecule has 0 saturated heterocycles. The van der Waals surface area contributed by atoms with Crippen LogP contribution in [0.15, 0.2) is 0 Å². The van der Waals surface area contributed by atoms with E-state index in [1.165, 1.54) is 0 Å². The van der Waals surface area contributed by atoms with Gasteiger partial charge in [0.05, 0.1) is 17.9 Å². The van der Waals surface area contributed by atoms with Gasteiger partial charge in [-0.3, -0.25) is 4.79 Å². The fourth-order valence-corrected chi connectivity index (χ4v) is 4.19. The number of hydrogen-bond donors (Lipinski definition) is 1. The maximum atomic E-state index is 11.9. The zero-order valence-corrected chi connectivity index (χ0v) is 11.4. The monoisotopic (exact) mass is 262 g/mol. The van der Waals surface area contributed by atoms with Crippen LogP contribution < -0.4 is 0 Å². The highest BCUT2D eigenvalue weighted by Crippen LogP contribution is 2.49. The molecule has 0 radical (unpaired) electrons. The van der Waals surface area contributed by atoms with Crippen molar-refractivity contribution in [2.45, 2.75) is 46.0 Å². The molecule has 1 rings (SSSR count). The quantitative estimate of drug-likeness (QED) is 0.727. The SMILES string of the molecule is CC(C)CCCS(=O)(=O)CC1(CC(=O)O)CC1. The molecule has 100 valence electrons. The summed E-state index contributed by atoms with van der Waals surface area (Å²) >= 11 is 0. The van der Waals surface area contributed by atoms with Crippen molar-refractivity contribution < 1.29 is 18.3 Å². The number of rotatable bonds is 8. The molecule has 0 bridgehead atoms. The topological polar surface area (TPSA) is 71.4 Å². The fraction of sp³-hybridized carbons (Fsp3) is 0.917. The molecule has 0 heterocycles. The van der Waals surface area contributed by atoms with E-state index in [1.807, 2.05) is 0 Å². The molecular weight excluding hydrogens is 240 g/mol. The first kappa shape index (κ1) is 14.5. The second-order valence-corrected chi connectivity index (χ2v) is 7.88. The molecule has 1 N–H and O–H groups in total. The molecule has 1 aliphatic rings. The standard InChI is InChI=1S/C12H22O4S/c1-10(2)4-3-7-17(15,16)9-12(5-6-12)8-11(13)14/h10H,3-9H2,1-2H3,(H,13,14). The van der Waals surface area contributed by atoms with E-state index >= 15 is 0 Å². The number of aliphatic carboxylic acids is 1. The van der Waals surface area contributed by atoms with Crippen LogP contribution >= 0.6 is 0 Å². The smallest absolute Gasteiger partial charge is 0.303 e. The Bertz CT molecular complexity index is 366. The summed E-state index contributed by atoms with van der Waals surface area (Å²) in [5.41, 5.74) is -0.442. The summed E-state index contributed by atoms with van der Waals surface area (Å²) in [5, 5.41) is 8.74. The number of hydrogen-bond acceptors (Lipinski definition) is 3. The van der Waals surface area contributed by atoms with Gasteiger partial charge in [0.25, 0.3) is 0 Å². The van der Waals surface area contributed by atoms with Crippen LogP contribution in [0.25, 0.3) is 0 Å². The molecule has 1 fully saturated rings. The zero-order valence-electron chi connectivity index (χ0n) is 10.6. The molecule has 0 aliphatic heterocycles. The molecule has 0 spiro atoms. The third-order valence-electron chi connectivity index (χ3n) is 3.25. The molecule has 0 unspecified atom stereocenters. The van der Waals surface area contributed by atoms with Crippen molar-refractivity contribution in [3.8, 4) is 0 Å². The van der Waals surface area contributed by atoms with Crippen LogP contribution in [0, 0.1) is 11.3 Å². The van der Waals surface area contributed by atoms with E-state index in [2.05, 4.69) is 13.8 Å². The van der Waals surface area contributed by atoms with E-state index < -0.39 is 21.2 Å². The molecule has 4 nitrogen and oxygen atoms in total. The van der Waals surface area contributed by atoms with E-state index in [1.54, 1.807) is 0 Å². The molecule has 1 saturated carbocycles. The molecule has 0 amide bonds. The van der Waals surface area contributed by atoms with Crippen LogP contribution in [0.4, 0.5) is 0 Å². The van der Waals surface area contributed by atoms with Crippen LogP contribution in [0.5, 0.6) is 0 Å². The van der Waals surface area contributed by atoms with E-state index in [0.717, 1.165) is 19.3 Å². The van der Waals surface area contributed by atoms with Crippen LogP contribution in [0.1, 0.15) is 46.0 Å². The summed E-state index contributed by atoms with van der Waals surface area (Å²) in [5.74, 6) is -0.115. The Morgan fingerprint density at radius 2 is 1.94 bits per heavy atom. The second-order valence-electron chi connectivity index (χ2n) is 5.70. The van der Waals surface area contributed by atoms with Crippen molar-refractivity contribution in [3.63, 3.8) is 0 Å². The van der Waals surface area contributed by atoms with Crippen molar-refractivity contribution in [1.82, 2.24) is 0 Å². The van der Waals surface area contributed by atoms with E-state index in [-0.39, 0.29) is 17.9 Å². The Morgan fingerprint density at radius 1 is 1.35 bits per heavy atom. The van der Waals surface area contributed by atoms with Crippen LogP contribution in [-0.4, -0.2) is 31.0 Å². The minimum atomic E-state index is -3.08. The van der Waals surface area contributed by atoms with Gasteiger partial charge in [-0.15, -0.1) is 0 Å². The normalized spacial score (nSPS) is 18.3. The lowest BCUT2D eigenvalue weighted by Gasteiger charge is -2.13. The number of carboxylic acid groups (broad SMARTS) is 1. The van der Waals surface area contributed by atoms with Crippen molar-refractivity contribution in [2.75, 3.05) is 11.5 Å². The van der Waals surface area contributed by atoms with Crippen molar-refractivity contribution in [2.24, 2.45) is 11.3 Å². The van der Waals surface area contributed by atoms with E-state index in [4.69, 9.17) is 5.11 Å². The number of carbonyl (C=O) groups is 1.